The molecule has 0 spiro atoms. The van der Waals surface area contributed by atoms with E-state index >= 15 is 0 Å². The Morgan fingerprint density at radius 1 is 0.815 bits per heavy atom. The Morgan fingerprint density at radius 3 is 2.08 bits per heavy atom. The van der Waals surface area contributed by atoms with Gasteiger partial charge in [-0.1, -0.05) is 12.2 Å². The number of hydrogen-bond acceptors (Lipinski definition) is 17. The molecule has 4 aliphatic heterocycles. The Balaban J connectivity index is 1.81. The van der Waals surface area contributed by atoms with Crippen molar-refractivity contribution < 1.29 is 80.9 Å². The van der Waals surface area contributed by atoms with Gasteiger partial charge in [0.25, 0.3) is 5.91 Å². The average Bonchev–Trinajstić information content (AvgIpc) is 3.22. The molecule has 1 aromatic rings. The van der Waals surface area contributed by atoms with Crippen LogP contribution in [0.25, 0.3) is 0 Å². The molecule has 2 unspecified atom stereocenters. The lowest BCUT2D eigenvalue weighted by atomic mass is 9.81. The van der Waals surface area contributed by atoms with Gasteiger partial charge in [-0.2, -0.15) is 0 Å². The van der Waals surface area contributed by atoms with Gasteiger partial charge < -0.3 is 63.3 Å². The minimum atomic E-state index is -2.00. The highest BCUT2D eigenvalue weighted by Crippen LogP contribution is 2.39. The summed E-state index contributed by atoms with van der Waals surface area (Å²) >= 11 is 0. The maximum absolute atomic E-state index is 14.0. The molecule has 362 valence electrons. The largest absolute Gasteiger partial charge is 0.491 e. The van der Waals surface area contributed by atoms with Crippen molar-refractivity contribution in [2.24, 2.45) is 5.92 Å². The van der Waals surface area contributed by atoms with Crippen molar-refractivity contribution >= 4 is 41.8 Å². The summed E-state index contributed by atoms with van der Waals surface area (Å²) < 4.78 is 58.2. The van der Waals surface area contributed by atoms with E-state index in [0.29, 0.717) is 36.5 Å². The van der Waals surface area contributed by atoms with E-state index in [0.717, 1.165) is 34.3 Å². The van der Waals surface area contributed by atoms with E-state index in [1.54, 1.807) is 58.9 Å². The number of amides is 3. The van der Waals surface area contributed by atoms with Crippen molar-refractivity contribution in [2.75, 3.05) is 59.9 Å². The van der Waals surface area contributed by atoms with Gasteiger partial charge in [-0.25, -0.2) is 9.59 Å². The van der Waals surface area contributed by atoms with E-state index in [2.05, 4.69) is 16.0 Å². The van der Waals surface area contributed by atoms with Crippen LogP contribution in [0.1, 0.15) is 88.7 Å². The summed E-state index contributed by atoms with van der Waals surface area (Å²) in [6, 6.07) is 1.22. The fraction of sp³-hybridized carbons (Fsp3) is 0.667. The van der Waals surface area contributed by atoms with Gasteiger partial charge >= 0.3 is 30.0 Å². The van der Waals surface area contributed by atoms with Gasteiger partial charge in [-0.15, -0.1) is 0 Å². The first-order valence-electron chi connectivity index (χ1n) is 21.7. The molecule has 2 fully saturated rings. The summed E-state index contributed by atoms with van der Waals surface area (Å²) in [6.07, 6.45) is -3.25. The topological polar surface area (TPSA) is 248 Å². The van der Waals surface area contributed by atoms with Crippen LogP contribution in [-0.4, -0.2) is 149 Å². The third-order valence-electron chi connectivity index (χ3n) is 10.5. The highest BCUT2D eigenvalue weighted by molar-refractivity contribution is 5.95. The molecule has 8 atom stereocenters. The van der Waals surface area contributed by atoms with Crippen LogP contribution >= 0.6 is 0 Å². The van der Waals surface area contributed by atoms with Crippen LogP contribution in [0.15, 0.2) is 24.3 Å². The minimum absolute atomic E-state index is 0.00224. The van der Waals surface area contributed by atoms with Crippen LogP contribution in [0.5, 0.6) is 5.75 Å². The second-order valence-corrected chi connectivity index (χ2v) is 17.2. The lowest BCUT2D eigenvalue weighted by Crippen LogP contribution is -2.69. The molecule has 1 aromatic carbocycles. The predicted octanol–water partition coefficient (Wildman–Crippen LogP) is 2.71. The standard InChI is InChI=1S/C45H65N3O17/c1-26-19-32-20-27(2)37(26)60-18-17-59-25-33(47-41(53)31-13-12-16-57-23-31)24-58-15-11-10-14-45(42(54)56-9)21-34(61-28(3)49)36(48-43(55)65-44(6,7)8)39(64-45)38(63-30(5)51)35(62-29(4)50)22-46-40(32)52/h10-11,19-20,31,33-36,38-39H,12-18,21-25H2,1-9H3,(H,46,52)(H,47,53)(H,48,55)/b11-10+/t31?,33-,34+,35-,36-,38-,39?,45-/m1/s1. The van der Waals surface area contributed by atoms with Gasteiger partial charge in [0.2, 0.25) is 5.91 Å². The normalized spacial score (nSPS) is 27.8. The number of aryl methyl sites for hydroxylation is 2. The van der Waals surface area contributed by atoms with Gasteiger partial charge in [0.15, 0.2) is 17.8 Å². The molecule has 0 radical (unpaired) electrons. The van der Waals surface area contributed by atoms with Crippen molar-refractivity contribution in [3.05, 3.63) is 41.0 Å². The summed E-state index contributed by atoms with van der Waals surface area (Å²) in [6.45, 7) is 12.6. The van der Waals surface area contributed by atoms with Crippen LogP contribution < -0.4 is 20.7 Å². The molecular weight excluding hydrogens is 854 g/mol. The summed E-state index contributed by atoms with van der Waals surface area (Å²) in [7, 11) is 1.12. The molecule has 3 amide bonds. The van der Waals surface area contributed by atoms with Gasteiger partial charge in [0.1, 0.15) is 30.2 Å². The number of esters is 4. The quantitative estimate of drug-likeness (QED) is 0.202. The SMILES string of the molecule is COC(=O)[C@]12C/C=C/COC[C@@H](NC(=O)C3CCCOC3)COCCOc3c(C)cc(cc3C)C(=O)NC[C@@H](OC(C)=O)[C@@H](OC(C)=O)C(O1)[C@H](NC(=O)OC(C)(C)C)[C@@H](OC(C)=O)C2. The number of carbonyl (C=O) groups excluding carboxylic acids is 7. The summed E-state index contributed by atoms with van der Waals surface area (Å²) in [5.74, 6) is -4.05. The maximum Gasteiger partial charge on any atom is 0.408 e. The number of ether oxygens (including phenoxy) is 10. The molecule has 20 nitrogen and oxygen atoms in total. The number of methoxy groups -OCH3 is 1. The van der Waals surface area contributed by atoms with Crippen molar-refractivity contribution in [1.29, 1.82) is 0 Å². The summed E-state index contributed by atoms with van der Waals surface area (Å²) in [5, 5.41) is 8.40. The zero-order chi connectivity index (χ0) is 47.9. The molecule has 20 heteroatoms. The first-order valence-corrected chi connectivity index (χ1v) is 21.7. The Bertz CT molecular complexity index is 1850. The van der Waals surface area contributed by atoms with Crippen LogP contribution in [0, 0.1) is 19.8 Å². The average molecular weight is 920 g/mol. The number of alkyl carbamates (subject to hydrolysis) is 1. The number of hydrogen-bond donors (Lipinski definition) is 3. The Hall–Kier alpha value is -5.31. The number of fused-ring (bicyclic) bond motifs is 16. The lowest BCUT2D eigenvalue weighted by Gasteiger charge is -2.49. The molecule has 4 aliphatic rings. The zero-order valence-electron chi connectivity index (χ0n) is 38.8. The van der Waals surface area contributed by atoms with Crippen molar-refractivity contribution in [3.8, 4) is 5.75 Å². The van der Waals surface area contributed by atoms with Gasteiger partial charge in [-0.3, -0.25) is 24.0 Å². The van der Waals surface area contributed by atoms with E-state index in [1.807, 2.05) is 0 Å². The van der Waals surface area contributed by atoms with Crippen LogP contribution in [0.4, 0.5) is 4.79 Å². The van der Waals surface area contributed by atoms with E-state index in [4.69, 9.17) is 47.4 Å². The monoisotopic (exact) mass is 919 g/mol. The van der Waals surface area contributed by atoms with Crippen molar-refractivity contribution in [2.45, 2.75) is 129 Å². The minimum Gasteiger partial charge on any atom is -0.491 e. The third kappa shape index (κ3) is 16.0. The predicted molar refractivity (Wildman–Crippen MR) is 229 cm³/mol. The molecule has 2 saturated heterocycles. The Morgan fingerprint density at radius 2 is 1.46 bits per heavy atom. The van der Waals surface area contributed by atoms with Crippen LogP contribution in [0.3, 0.4) is 0 Å². The Labute approximate surface area is 379 Å². The fourth-order valence-corrected chi connectivity index (χ4v) is 7.83. The Kier molecular flexibility index (Phi) is 19.5. The van der Waals surface area contributed by atoms with E-state index < -0.39 is 96.5 Å². The number of nitrogens with one attached hydrogen (secondary N) is 3. The molecular formula is C45H65N3O17. The van der Waals surface area contributed by atoms with Gasteiger partial charge in [-0.05, 0) is 70.7 Å². The highest BCUT2D eigenvalue weighted by Gasteiger charge is 2.58. The van der Waals surface area contributed by atoms with E-state index in [1.165, 1.54) is 0 Å². The summed E-state index contributed by atoms with van der Waals surface area (Å²) in [5.41, 5.74) is -1.53. The first kappa shape index (κ1) is 52.3. The first-order chi connectivity index (χ1) is 30.7. The molecule has 4 heterocycles. The van der Waals surface area contributed by atoms with Crippen molar-refractivity contribution in [3.63, 3.8) is 0 Å². The second-order valence-electron chi connectivity index (χ2n) is 17.2. The number of benzene rings is 1. The van der Waals surface area contributed by atoms with E-state index in [-0.39, 0.29) is 56.8 Å². The van der Waals surface area contributed by atoms with Gasteiger partial charge in [0.05, 0.1) is 64.7 Å². The highest BCUT2D eigenvalue weighted by atomic mass is 16.6. The molecule has 3 N–H and O–H groups in total. The van der Waals surface area contributed by atoms with Crippen LogP contribution in [0.2, 0.25) is 0 Å². The molecule has 65 heavy (non-hydrogen) atoms. The maximum atomic E-state index is 14.0. The molecule has 0 aromatic heterocycles. The van der Waals surface area contributed by atoms with Crippen LogP contribution in [-0.2, 0) is 66.6 Å². The molecule has 5 rings (SSSR count). The number of carbonyl (C=O) groups is 7. The fourth-order valence-electron chi connectivity index (χ4n) is 7.83. The molecule has 0 saturated carbocycles. The lowest BCUT2D eigenvalue weighted by molar-refractivity contribution is -0.238. The smallest absolute Gasteiger partial charge is 0.408 e. The zero-order valence-corrected chi connectivity index (χ0v) is 38.8. The molecule has 4 bridgehead atoms. The second kappa shape index (κ2) is 24.3. The number of rotatable bonds is 7. The third-order valence-corrected chi connectivity index (χ3v) is 10.5. The summed E-state index contributed by atoms with van der Waals surface area (Å²) in [4.78, 5) is 92.9. The van der Waals surface area contributed by atoms with E-state index in [9.17, 15) is 33.6 Å². The van der Waals surface area contributed by atoms with Crippen molar-refractivity contribution in [1.82, 2.24) is 16.0 Å². The van der Waals surface area contributed by atoms with Gasteiger partial charge in [0, 0.05) is 45.8 Å². The molecule has 0 aliphatic carbocycles.